The van der Waals surface area contributed by atoms with Gasteiger partial charge in [-0.1, -0.05) is 12.1 Å². The molecule has 5 nitrogen and oxygen atoms in total. The molecule has 0 bridgehead atoms. The van der Waals surface area contributed by atoms with Gasteiger partial charge >= 0.3 is 0 Å². The average molecular weight is 326 g/mol. The molecule has 0 atom stereocenters. The van der Waals surface area contributed by atoms with Crippen LogP contribution in [0.1, 0.15) is 31.1 Å². The number of nitriles is 1. The Kier molecular flexibility index (Phi) is 6.91. The van der Waals surface area contributed by atoms with E-state index < -0.39 is 0 Å². The van der Waals surface area contributed by atoms with Crippen LogP contribution in [0.15, 0.2) is 47.1 Å². The van der Waals surface area contributed by atoms with Gasteiger partial charge in [-0.25, -0.2) is 0 Å². The number of carbonyl (C=O) groups is 1. The van der Waals surface area contributed by atoms with Crippen LogP contribution in [-0.4, -0.2) is 24.0 Å². The largest absolute Gasteiger partial charge is 0.494 e. The minimum absolute atomic E-state index is 0.0236. The van der Waals surface area contributed by atoms with Crippen LogP contribution < -0.4 is 4.74 Å². The Balaban J connectivity index is 1.90. The van der Waals surface area contributed by atoms with Crippen molar-refractivity contribution in [3.63, 3.8) is 0 Å². The van der Waals surface area contributed by atoms with Crippen LogP contribution in [-0.2, 0) is 17.8 Å². The summed E-state index contributed by atoms with van der Waals surface area (Å²) in [5, 5.41) is 8.78. The van der Waals surface area contributed by atoms with Gasteiger partial charge in [0.15, 0.2) is 0 Å². The van der Waals surface area contributed by atoms with Crippen molar-refractivity contribution in [1.82, 2.24) is 4.90 Å². The predicted octanol–water partition coefficient (Wildman–Crippen LogP) is 3.55. The molecular weight excluding hydrogens is 304 g/mol. The number of nitrogens with zero attached hydrogens (tertiary/aromatic N) is 2. The van der Waals surface area contributed by atoms with Gasteiger partial charge in [-0.05, 0) is 43.2 Å². The van der Waals surface area contributed by atoms with E-state index in [4.69, 9.17) is 14.4 Å². The molecule has 0 spiro atoms. The Bertz CT molecular complexity index is 657. The second-order valence-corrected chi connectivity index (χ2v) is 5.38. The maximum absolute atomic E-state index is 12.5. The molecule has 24 heavy (non-hydrogen) atoms. The summed E-state index contributed by atoms with van der Waals surface area (Å²) in [6.45, 7) is 3.40. The maximum atomic E-state index is 12.5. The van der Waals surface area contributed by atoms with Gasteiger partial charge in [-0.3, -0.25) is 4.79 Å². The molecule has 0 aliphatic rings. The van der Waals surface area contributed by atoms with Gasteiger partial charge in [0.2, 0.25) is 5.91 Å². The summed E-state index contributed by atoms with van der Waals surface area (Å²) in [6.07, 6.45) is 2.96. The van der Waals surface area contributed by atoms with Crippen molar-refractivity contribution < 1.29 is 13.9 Å². The lowest BCUT2D eigenvalue weighted by atomic mass is 10.1. The monoisotopic (exact) mass is 326 g/mol. The number of furan rings is 1. The van der Waals surface area contributed by atoms with E-state index in [0.717, 1.165) is 17.1 Å². The molecule has 0 radical (unpaired) electrons. The lowest BCUT2D eigenvalue weighted by Crippen LogP contribution is -2.31. The highest BCUT2D eigenvalue weighted by Crippen LogP contribution is 2.14. The summed E-state index contributed by atoms with van der Waals surface area (Å²) in [4.78, 5) is 14.1. The second kappa shape index (κ2) is 9.41. The highest BCUT2D eigenvalue weighted by Gasteiger charge is 2.15. The Labute approximate surface area is 142 Å². The first-order valence-corrected chi connectivity index (χ1v) is 8.11. The molecular formula is C19H22N2O3. The third-order valence-electron chi connectivity index (χ3n) is 3.63. The molecule has 0 saturated heterocycles. The summed E-state index contributed by atoms with van der Waals surface area (Å²) < 4.78 is 10.7. The first kappa shape index (κ1) is 17.6. The van der Waals surface area contributed by atoms with E-state index in [9.17, 15) is 4.79 Å². The van der Waals surface area contributed by atoms with Gasteiger partial charge < -0.3 is 14.1 Å². The molecule has 0 aliphatic heterocycles. The van der Waals surface area contributed by atoms with Crippen molar-refractivity contribution in [1.29, 1.82) is 5.26 Å². The molecule has 2 rings (SSSR count). The highest BCUT2D eigenvalue weighted by atomic mass is 16.5. The van der Waals surface area contributed by atoms with E-state index in [0.29, 0.717) is 39.0 Å². The third-order valence-corrected chi connectivity index (χ3v) is 3.63. The summed E-state index contributed by atoms with van der Waals surface area (Å²) in [5.74, 6) is 1.58. The predicted molar refractivity (Wildman–Crippen MR) is 90.3 cm³/mol. The van der Waals surface area contributed by atoms with Crippen LogP contribution in [0.2, 0.25) is 0 Å². The number of rotatable bonds is 9. The van der Waals surface area contributed by atoms with E-state index in [1.54, 1.807) is 17.2 Å². The Morgan fingerprint density at radius 1 is 1.29 bits per heavy atom. The maximum Gasteiger partial charge on any atom is 0.223 e. The zero-order valence-electron chi connectivity index (χ0n) is 13.9. The molecule has 1 aromatic heterocycles. The number of hydrogen-bond donors (Lipinski definition) is 0. The summed E-state index contributed by atoms with van der Waals surface area (Å²) >= 11 is 0. The lowest BCUT2D eigenvalue weighted by molar-refractivity contribution is -0.132. The number of ether oxygens (including phenoxy) is 1. The molecule has 1 heterocycles. The fourth-order valence-corrected chi connectivity index (χ4v) is 2.40. The Morgan fingerprint density at radius 3 is 2.71 bits per heavy atom. The van der Waals surface area contributed by atoms with Crippen LogP contribution in [0.5, 0.6) is 5.75 Å². The van der Waals surface area contributed by atoms with Crippen molar-refractivity contribution in [3.8, 4) is 11.8 Å². The number of benzene rings is 1. The molecule has 0 N–H and O–H groups in total. The summed E-state index contributed by atoms with van der Waals surface area (Å²) in [6, 6.07) is 13.5. The molecule has 5 heteroatoms. The number of aryl methyl sites for hydroxylation is 1. The zero-order valence-corrected chi connectivity index (χ0v) is 13.9. The molecule has 126 valence electrons. The summed E-state index contributed by atoms with van der Waals surface area (Å²) in [7, 11) is 0. The van der Waals surface area contributed by atoms with Crippen molar-refractivity contribution in [2.45, 2.75) is 32.7 Å². The van der Waals surface area contributed by atoms with E-state index in [-0.39, 0.29) is 5.91 Å². The molecule has 0 fully saturated rings. The molecule has 1 aromatic carbocycles. The fourth-order valence-electron chi connectivity index (χ4n) is 2.40. The van der Waals surface area contributed by atoms with Gasteiger partial charge in [0.25, 0.3) is 0 Å². The first-order valence-electron chi connectivity index (χ1n) is 8.11. The zero-order chi connectivity index (χ0) is 17.2. The average Bonchev–Trinajstić information content (AvgIpc) is 3.11. The van der Waals surface area contributed by atoms with Gasteiger partial charge in [0, 0.05) is 13.0 Å². The third kappa shape index (κ3) is 5.47. The van der Waals surface area contributed by atoms with Crippen molar-refractivity contribution in [2.24, 2.45) is 0 Å². The van der Waals surface area contributed by atoms with Crippen LogP contribution in [0, 0.1) is 11.3 Å². The van der Waals surface area contributed by atoms with Crippen molar-refractivity contribution in [3.05, 3.63) is 54.0 Å². The van der Waals surface area contributed by atoms with E-state index in [1.165, 1.54) is 0 Å². The number of carbonyl (C=O) groups excluding carboxylic acids is 1. The van der Waals surface area contributed by atoms with Gasteiger partial charge in [0.05, 0.1) is 31.9 Å². The quantitative estimate of drug-likeness (QED) is 0.707. The molecule has 1 amide bonds. The van der Waals surface area contributed by atoms with Gasteiger partial charge in [-0.2, -0.15) is 5.26 Å². The molecule has 0 saturated carbocycles. The van der Waals surface area contributed by atoms with Crippen LogP contribution in [0.4, 0.5) is 0 Å². The van der Waals surface area contributed by atoms with E-state index in [1.807, 2.05) is 37.3 Å². The van der Waals surface area contributed by atoms with E-state index >= 15 is 0 Å². The fraction of sp³-hybridized carbons (Fsp3) is 0.368. The van der Waals surface area contributed by atoms with Gasteiger partial charge in [0.1, 0.15) is 11.5 Å². The standard InChI is InChI=1S/C19H22N2O3/c1-2-23-17-9-6-16(7-10-17)8-11-19(22)21(13-4-12-20)15-18-5-3-14-24-18/h3,5-7,9-10,14H,2,4,8,11,13,15H2,1H3. The SMILES string of the molecule is CCOc1ccc(CCC(=O)N(CCC#N)Cc2ccco2)cc1. The Morgan fingerprint density at radius 2 is 2.08 bits per heavy atom. The first-order chi connectivity index (χ1) is 11.7. The second-order valence-electron chi connectivity index (χ2n) is 5.38. The Hall–Kier alpha value is -2.74. The van der Waals surface area contributed by atoms with Gasteiger partial charge in [-0.15, -0.1) is 0 Å². The molecule has 0 aliphatic carbocycles. The number of hydrogen-bond acceptors (Lipinski definition) is 4. The molecule has 0 unspecified atom stereocenters. The molecule has 2 aromatic rings. The minimum atomic E-state index is 0.0236. The summed E-state index contributed by atoms with van der Waals surface area (Å²) in [5.41, 5.74) is 1.09. The topological polar surface area (TPSA) is 66.5 Å². The number of amides is 1. The van der Waals surface area contributed by atoms with Crippen molar-refractivity contribution >= 4 is 5.91 Å². The smallest absolute Gasteiger partial charge is 0.223 e. The normalized spacial score (nSPS) is 10.2. The van der Waals surface area contributed by atoms with Crippen LogP contribution >= 0.6 is 0 Å². The van der Waals surface area contributed by atoms with Crippen LogP contribution in [0.3, 0.4) is 0 Å². The minimum Gasteiger partial charge on any atom is -0.494 e. The highest BCUT2D eigenvalue weighted by molar-refractivity contribution is 5.76. The van der Waals surface area contributed by atoms with Crippen molar-refractivity contribution in [2.75, 3.05) is 13.2 Å². The lowest BCUT2D eigenvalue weighted by Gasteiger charge is -2.20. The van der Waals surface area contributed by atoms with E-state index in [2.05, 4.69) is 6.07 Å². The van der Waals surface area contributed by atoms with Crippen LogP contribution in [0.25, 0.3) is 0 Å².